The maximum Gasteiger partial charge on any atom is 0.161 e. The molecular formula is C15H22O2. The van der Waals surface area contributed by atoms with Crippen molar-refractivity contribution in [1.82, 2.24) is 0 Å². The van der Waals surface area contributed by atoms with Crippen molar-refractivity contribution in [3.05, 3.63) is 35.9 Å². The zero-order chi connectivity index (χ0) is 12.7. The van der Waals surface area contributed by atoms with E-state index in [4.69, 9.17) is 4.74 Å². The summed E-state index contributed by atoms with van der Waals surface area (Å²) in [5.41, 5.74) is 1.26. The Morgan fingerprint density at radius 2 is 1.88 bits per heavy atom. The predicted molar refractivity (Wildman–Crippen MR) is 70.2 cm³/mol. The highest BCUT2D eigenvalue weighted by molar-refractivity contribution is 5.82. The van der Waals surface area contributed by atoms with E-state index in [0.29, 0.717) is 18.9 Å². The fraction of sp³-hybridized carbons (Fsp3) is 0.533. The van der Waals surface area contributed by atoms with Crippen LogP contribution in [0.1, 0.15) is 45.1 Å². The molecular weight excluding hydrogens is 212 g/mol. The molecule has 0 aliphatic rings. The second-order valence-corrected chi connectivity index (χ2v) is 4.31. The van der Waals surface area contributed by atoms with Gasteiger partial charge < -0.3 is 4.74 Å². The Kier molecular flexibility index (Phi) is 5.92. The molecule has 2 atom stereocenters. The van der Waals surface area contributed by atoms with E-state index in [-0.39, 0.29) is 11.9 Å². The number of rotatable bonds is 7. The predicted octanol–water partition coefficient (Wildman–Crippen LogP) is 3.56. The Balaban J connectivity index is 2.64. The minimum Gasteiger partial charge on any atom is -0.371 e. The van der Waals surface area contributed by atoms with Crippen LogP contribution in [0.25, 0.3) is 0 Å². The van der Waals surface area contributed by atoms with Crippen LogP contribution in [0, 0.1) is 0 Å². The van der Waals surface area contributed by atoms with E-state index in [1.54, 1.807) is 0 Å². The lowest BCUT2D eigenvalue weighted by atomic mass is 9.93. The normalized spacial score (nSPS) is 14.3. The highest BCUT2D eigenvalue weighted by Gasteiger charge is 2.20. The lowest BCUT2D eigenvalue weighted by Crippen LogP contribution is -2.25. The highest BCUT2D eigenvalue weighted by atomic mass is 16.5. The van der Waals surface area contributed by atoms with Crippen molar-refractivity contribution in [2.75, 3.05) is 6.61 Å². The van der Waals surface area contributed by atoms with Crippen LogP contribution < -0.4 is 0 Å². The van der Waals surface area contributed by atoms with Crippen LogP contribution in [0.3, 0.4) is 0 Å². The third-order valence-corrected chi connectivity index (χ3v) is 3.01. The van der Waals surface area contributed by atoms with Gasteiger partial charge >= 0.3 is 0 Å². The Hall–Kier alpha value is -1.15. The van der Waals surface area contributed by atoms with E-state index in [0.717, 1.165) is 6.42 Å². The summed E-state index contributed by atoms with van der Waals surface area (Å²) in [6.45, 7) is 6.56. The number of ether oxygens (including phenoxy) is 1. The summed E-state index contributed by atoms with van der Waals surface area (Å²) >= 11 is 0. The fourth-order valence-electron chi connectivity index (χ4n) is 1.96. The van der Waals surface area contributed by atoms with Gasteiger partial charge in [-0.15, -0.1) is 0 Å². The van der Waals surface area contributed by atoms with Crippen molar-refractivity contribution < 1.29 is 9.53 Å². The van der Waals surface area contributed by atoms with E-state index in [9.17, 15) is 4.79 Å². The van der Waals surface area contributed by atoms with Crippen molar-refractivity contribution in [1.29, 1.82) is 0 Å². The van der Waals surface area contributed by atoms with Crippen LogP contribution in [-0.4, -0.2) is 18.5 Å². The summed E-state index contributed by atoms with van der Waals surface area (Å²) in [6, 6.07) is 10.3. The van der Waals surface area contributed by atoms with Crippen molar-refractivity contribution in [3.8, 4) is 0 Å². The van der Waals surface area contributed by atoms with Crippen LogP contribution in [-0.2, 0) is 9.53 Å². The van der Waals surface area contributed by atoms with Gasteiger partial charge in [-0.1, -0.05) is 44.2 Å². The molecule has 0 N–H and O–H groups in total. The third kappa shape index (κ3) is 4.31. The summed E-state index contributed by atoms with van der Waals surface area (Å²) in [6.07, 6.45) is 1.07. The number of carbonyl (C=O) groups is 1. The average molecular weight is 234 g/mol. The molecule has 94 valence electrons. The van der Waals surface area contributed by atoms with Gasteiger partial charge in [-0.3, -0.25) is 4.79 Å². The van der Waals surface area contributed by atoms with Crippen LogP contribution in [0.5, 0.6) is 0 Å². The second kappa shape index (κ2) is 7.23. The SMILES string of the molecule is CCOC(CC(C)c1ccccc1)C(=O)CC. The van der Waals surface area contributed by atoms with E-state index < -0.39 is 0 Å². The van der Waals surface area contributed by atoms with Crippen LogP contribution in [0.15, 0.2) is 30.3 Å². The number of hydrogen-bond acceptors (Lipinski definition) is 2. The zero-order valence-electron chi connectivity index (χ0n) is 11.0. The Bertz CT molecular complexity index is 332. The molecule has 2 heteroatoms. The van der Waals surface area contributed by atoms with Gasteiger partial charge in [0.25, 0.3) is 0 Å². The minimum absolute atomic E-state index is 0.203. The number of ketones is 1. The van der Waals surface area contributed by atoms with Gasteiger partial charge in [0.1, 0.15) is 6.10 Å². The molecule has 1 aromatic carbocycles. The summed E-state index contributed by atoms with van der Waals surface area (Å²) < 4.78 is 5.54. The summed E-state index contributed by atoms with van der Waals surface area (Å²) in [4.78, 5) is 11.7. The van der Waals surface area contributed by atoms with E-state index in [1.807, 2.05) is 32.0 Å². The van der Waals surface area contributed by atoms with Gasteiger partial charge in [0.05, 0.1) is 0 Å². The van der Waals surface area contributed by atoms with Gasteiger partial charge in [0.15, 0.2) is 5.78 Å². The lowest BCUT2D eigenvalue weighted by molar-refractivity contribution is -0.130. The first kappa shape index (κ1) is 13.9. The molecule has 0 aliphatic carbocycles. The van der Waals surface area contributed by atoms with Gasteiger partial charge in [0, 0.05) is 13.0 Å². The van der Waals surface area contributed by atoms with E-state index in [2.05, 4.69) is 19.1 Å². The molecule has 17 heavy (non-hydrogen) atoms. The molecule has 0 aromatic heterocycles. The van der Waals surface area contributed by atoms with Crippen molar-refractivity contribution >= 4 is 5.78 Å². The molecule has 1 aromatic rings. The number of Topliss-reactive ketones (excluding diaryl/α,β-unsaturated/α-hetero) is 1. The average Bonchev–Trinajstić information content (AvgIpc) is 2.38. The third-order valence-electron chi connectivity index (χ3n) is 3.01. The van der Waals surface area contributed by atoms with Crippen molar-refractivity contribution in [2.45, 2.75) is 45.6 Å². The first-order chi connectivity index (χ1) is 8.19. The standard InChI is InChI=1S/C15H22O2/c1-4-14(16)15(17-5-2)11-12(3)13-9-7-6-8-10-13/h6-10,12,15H,4-5,11H2,1-3H3. The molecule has 0 amide bonds. The second-order valence-electron chi connectivity index (χ2n) is 4.31. The summed E-state index contributed by atoms with van der Waals surface area (Å²) in [5, 5.41) is 0. The monoisotopic (exact) mass is 234 g/mol. The van der Waals surface area contributed by atoms with E-state index >= 15 is 0 Å². The zero-order valence-corrected chi connectivity index (χ0v) is 11.0. The Labute approximate surface area is 104 Å². The molecule has 1 rings (SSSR count). The molecule has 0 aliphatic heterocycles. The number of benzene rings is 1. The molecule has 0 radical (unpaired) electrons. The molecule has 0 saturated heterocycles. The van der Waals surface area contributed by atoms with E-state index in [1.165, 1.54) is 5.56 Å². The highest BCUT2D eigenvalue weighted by Crippen LogP contribution is 2.22. The Morgan fingerprint density at radius 3 is 2.41 bits per heavy atom. The number of carbonyl (C=O) groups excluding carboxylic acids is 1. The lowest BCUT2D eigenvalue weighted by Gasteiger charge is -2.19. The molecule has 2 nitrogen and oxygen atoms in total. The summed E-state index contributed by atoms with van der Waals surface area (Å²) in [7, 11) is 0. The quantitative estimate of drug-likeness (QED) is 0.721. The van der Waals surface area contributed by atoms with Crippen molar-refractivity contribution in [2.24, 2.45) is 0 Å². The minimum atomic E-state index is -0.250. The maximum atomic E-state index is 11.7. The van der Waals surface area contributed by atoms with Crippen LogP contribution in [0.4, 0.5) is 0 Å². The first-order valence-corrected chi connectivity index (χ1v) is 6.38. The van der Waals surface area contributed by atoms with Gasteiger partial charge in [-0.2, -0.15) is 0 Å². The molecule has 0 bridgehead atoms. The largest absolute Gasteiger partial charge is 0.371 e. The molecule has 0 fully saturated rings. The molecule has 0 heterocycles. The fourth-order valence-corrected chi connectivity index (χ4v) is 1.96. The first-order valence-electron chi connectivity index (χ1n) is 6.38. The summed E-state index contributed by atoms with van der Waals surface area (Å²) in [5.74, 6) is 0.554. The maximum absolute atomic E-state index is 11.7. The van der Waals surface area contributed by atoms with Crippen molar-refractivity contribution in [3.63, 3.8) is 0 Å². The van der Waals surface area contributed by atoms with Gasteiger partial charge in [-0.05, 0) is 24.8 Å². The number of hydrogen-bond donors (Lipinski definition) is 0. The van der Waals surface area contributed by atoms with Gasteiger partial charge in [-0.25, -0.2) is 0 Å². The molecule has 0 spiro atoms. The van der Waals surface area contributed by atoms with Crippen LogP contribution in [0.2, 0.25) is 0 Å². The molecule has 0 saturated carbocycles. The smallest absolute Gasteiger partial charge is 0.161 e. The Morgan fingerprint density at radius 1 is 1.24 bits per heavy atom. The topological polar surface area (TPSA) is 26.3 Å². The van der Waals surface area contributed by atoms with Crippen LogP contribution >= 0.6 is 0 Å². The van der Waals surface area contributed by atoms with Gasteiger partial charge in [0.2, 0.25) is 0 Å². The molecule has 2 unspecified atom stereocenters.